The summed E-state index contributed by atoms with van der Waals surface area (Å²) in [5.74, 6) is -1.06. The fourth-order valence-corrected chi connectivity index (χ4v) is 1.38. The average molecular weight is 247 g/mol. The summed E-state index contributed by atoms with van der Waals surface area (Å²) < 4.78 is 13.9. The van der Waals surface area contributed by atoms with Crippen LogP contribution in [0.1, 0.15) is 10.4 Å². The lowest BCUT2D eigenvalue weighted by Gasteiger charge is -2.06. The molecular formula is C12H10FN3O2. The second-order valence-electron chi connectivity index (χ2n) is 3.69. The maximum atomic E-state index is 12.6. The van der Waals surface area contributed by atoms with Gasteiger partial charge in [-0.3, -0.25) is 9.59 Å². The van der Waals surface area contributed by atoms with E-state index in [0.717, 1.165) is 12.3 Å². The van der Waals surface area contributed by atoms with Gasteiger partial charge in [0.05, 0.1) is 11.3 Å². The van der Waals surface area contributed by atoms with Crippen LogP contribution in [0.4, 0.5) is 10.1 Å². The largest absolute Gasteiger partial charge is 0.321 e. The molecule has 2 rings (SSSR count). The standard InChI is InChI=1S/C12H10FN3O2/c1-16-7-9(3-5-11(16)17)15-12(18)8-2-4-10(13)14-6-8/h2-7H,1H3,(H,15,18). The first-order chi connectivity index (χ1) is 8.56. The quantitative estimate of drug-likeness (QED) is 0.810. The molecule has 2 aromatic heterocycles. The zero-order valence-electron chi connectivity index (χ0n) is 9.55. The number of halogens is 1. The van der Waals surface area contributed by atoms with Crippen molar-refractivity contribution in [1.82, 2.24) is 9.55 Å². The number of nitrogens with one attached hydrogen (secondary N) is 1. The van der Waals surface area contributed by atoms with E-state index in [1.807, 2.05) is 0 Å². The third-order valence-corrected chi connectivity index (χ3v) is 2.33. The summed E-state index contributed by atoms with van der Waals surface area (Å²) in [5.41, 5.74) is 0.549. The first kappa shape index (κ1) is 12.0. The molecule has 2 heterocycles. The van der Waals surface area contributed by atoms with Crippen molar-refractivity contribution >= 4 is 11.6 Å². The van der Waals surface area contributed by atoms with Crippen molar-refractivity contribution in [2.24, 2.45) is 7.05 Å². The van der Waals surface area contributed by atoms with E-state index in [1.165, 1.54) is 29.0 Å². The molecule has 18 heavy (non-hydrogen) atoms. The molecule has 0 aliphatic rings. The molecule has 0 fully saturated rings. The molecule has 5 nitrogen and oxygen atoms in total. The second kappa shape index (κ2) is 4.79. The number of carbonyl (C=O) groups is 1. The monoisotopic (exact) mass is 247 g/mol. The SMILES string of the molecule is Cn1cc(NC(=O)c2ccc(F)nc2)ccc1=O. The Morgan fingerprint density at radius 1 is 1.33 bits per heavy atom. The lowest BCUT2D eigenvalue weighted by Crippen LogP contribution is -2.18. The van der Waals surface area contributed by atoms with Crippen molar-refractivity contribution in [2.75, 3.05) is 5.32 Å². The number of aromatic nitrogens is 2. The van der Waals surface area contributed by atoms with Gasteiger partial charge in [0, 0.05) is 25.5 Å². The number of nitrogens with zero attached hydrogens (tertiary/aromatic N) is 2. The Bertz CT molecular complexity index is 635. The number of rotatable bonds is 2. The Hall–Kier alpha value is -2.50. The van der Waals surface area contributed by atoms with Crippen LogP contribution < -0.4 is 10.9 Å². The van der Waals surface area contributed by atoms with Crippen molar-refractivity contribution in [2.45, 2.75) is 0 Å². The van der Waals surface area contributed by atoms with Crippen LogP contribution in [-0.2, 0) is 7.05 Å². The highest BCUT2D eigenvalue weighted by Crippen LogP contribution is 2.06. The summed E-state index contributed by atoms with van der Waals surface area (Å²) >= 11 is 0. The minimum absolute atomic E-state index is 0.170. The number of aryl methyl sites for hydroxylation is 1. The predicted octanol–water partition coefficient (Wildman–Crippen LogP) is 1.17. The lowest BCUT2D eigenvalue weighted by atomic mass is 10.2. The molecule has 0 saturated carbocycles. The molecule has 0 aliphatic heterocycles. The molecule has 0 aliphatic carbocycles. The zero-order chi connectivity index (χ0) is 13.1. The van der Waals surface area contributed by atoms with Gasteiger partial charge in [-0.15, -0.1) is 0 Å². The van der Waals surface area contributed by atoms with Gasteiger partial charge in [-0.05, 0) is 18.2 Å². The van der Waals surface area contributed by atoms with Crippen LogP contribution in [0, 0.1) is 5.95 Å². The van der Waals surface area contributed by atoms with Gasteiger partial charge in [0.25, 0.3) is 5.91 Å². The summed E-state index contributed by atoms with van der Waals surface area (Å²) in [6.07, 6.45) is 2.64. The van der Waals surface area contributed by atoms with Crippen molar-refractivity contribution in [3.8, 4) is 0 Å². The number of anilines is 1. The zero-order valence-corrected chi connectivity index (χ0v) is 9.55. The molecule has 0 bridgehead atoms. The van der Waals surface area contributed by atoms with E-state index in [4.69, 9.17) is 0 Å². The highest BCUT2D eigenvalue weighted by Gasteiger charge is 2.07. The Balaban J connectivity index is 2.18. The van der Waals surface area contributed by atoms with Crippen molar-refractivity contribution in [3.05, 3.63) is 58.5 Å². The molecule has 0 atom stereocenters. The van der Waals surface area contributed by atoms with Crippen molar-refractivity contribution in [1.29, 1.82) is 0 Å². The Morgan fingerprint density at radius 2 is 2.11 bits per heavy atom. The molecule has 2 aromatic rings. The van der Waals surface area contributed by atoms with Crippen LogP contribution in [-0.4, -0.2) is 15.5 Å². The lowest BCUT2D eigenvalue weighted by molar-refractivity contribution is 0.102. The normalized spacial score (nSPS) is 10.1. The highest BCUT2D eigenvalue weighted by molar-refractivity contribution is 6.03. The van der Waals surface area contributed by atoms with E-state index in [2.05, 4.69) is 10.3 Å². The fraction of sp³-hybridized carbons (Fsp3) is 0.0833. The maximum absolute atomic E-state index is 12.6. The number of hydrogen-bond donors (Lipinski definition) is 1. The molecular weight excluding hydrogens is 237 g/mol. The molecule has 1 N–H and O–H groups in total. The van der Waals surface area contributed by atoms with E-state index in [-0.39, 0.29) is 11.1 Å². The number of carbonyl (C=O) groups excluding carboxylic acids is 1. The van der Waals surface area contributed by atoms with Crippen molar-refractivity contribution < 1.29 is 9.18 Å². The predicted molar refractivity (Wildman–Crippen MR) is 63.8 cm³/mol. The molecule has 0 saturated heterocycles. The van der Waals surface area contributed by atoms with Gasteiger partial charge in [0.2, 0.25) is 11.5 Å². The smallest absolute Gasteiger partial charge is 0.257 e. The third-order valence-electron chi connectivity index (χ3n) is 2.33. The van der Waals surface area contributed by atoms with Gasteiger partial charge >= 0.3 is 0 Å². The summed E-state index contributed by atoms with van der Waals surface area (Å²) in [4.78, 5) is 26.3. The maximum Gasteiger partial charge on any atom is 0.257 e. The first-order valence-electron chi connectivity index (χ1n) is 5.16. The minimum atomic E-state index is -0.645. The topological polar surface area (TPSA) is 64.0 Å². The molecule has 92 valence electrons. The van der Waals surface area contributed by atoms with Crippen LogP contribution in [0.5, 0.6) is 0 Å². The Labute approximate surface area is 102 Å². The molecule has 6 heteroatoms. The van der Waals surface area contributed by atoms with Crippen LogP contribution in [0.15, 0.2) is 41.5 Å². The molecule has 0 aromatic carbocycles. The molecule has 1 amide bonds. The highest BCUT2D eigenvalue weighted by atomic mass is 19.1. The number of pyridine rings is 2. The van der Waals surface area contributed by atoms with E-state index >= 15 is 0 Å². The van der Waals surface area contributed by atoms with Crippen LogP contribution in [0.25, 0.3) is 0 Å². The molecule has 0 unspecified atom stereocenters. The second-order valence-corrected chi connectivity index (χ2v) is 3.69. The first-order valence-corrected chi connectivity index (χ1v) is 5.16. The summed E-state index contributed by atoms with van der Waals surface area (Å²) in [6.45, 7) is 0. The summed E-state index contributed by atoms with van der Waals surface area (Å²) in [7, 11) is 1.58. The van der Waals surface area contributed by atoms with Gasteiger partial charge in [0.1, 0.15) is 0 Å². The fourth-order valence-electron chi connectivity index (χ4n) is 1.38. The number of hydrogen-bond acceptors (Lipinski definition) is 3. The van der Waals surface area contributed by atoms with Gasteiger partial charge in [-0.25, -0.2) is 4.98 Å². The van der Waals surface area contributed by atoms with E-state index in [9.17, 15) is 14.0 Å². The Kier molecular flexibility index (Phi) is 3.18. The summed E-state index contributed by atoms with van der Waals surface area (Å²) in [6, 6.07) is 5.28. The molecule has 0 radical (unpaired) electrons. The van der Waals surface area contributed by atoms with E-state index in [1.54, 1.807) is 7.05 Å². The van der Waals surface area contributed by atoms with Gasteiger partial charge in [-0.1, -0.05) is 0 Å². The van der Waals surface area contributed by atoms with E-state index < -0.39 is 11.9 Å². The van der Waals surface area contributed by atoms with Gasteiger partial charge < -0.3 is 9.88 Å². The van der Waals surface area contributed by atoms with E-state index in [0.29, 0.717) is 5.69 Å². The Morgan fingerprint density at radius 3 is 2.72 bits per heavy atom. The van der Waals surface area contributed by atoms with Crippen LogP contribution in [0.3, 0.4) is 0 Å². The average Bonchev–Trinajstić information content (AvgIpc) is 2.34. The summed E-state index contributed by atoms with van der Waals surface area (Å²) in [5, 5.41) is 2.58. The van der Waals surface area contributed by atoms with Crippen LogP contribution >= 0.6 is 0 Å². The van der Waals surface area contributed by atoms with Gasteiger partial charge in [0.15, 0.2) is 0 Å². The third kappa shape index (κ3) is 2.60. The van der Waals surface area contributed by atoms with Crippen molar-refractivity contribution in [3.63, 3.8) is 0 Å². The van der Waals surface area contributed by atoms with Crippen LogP contribution in [0.2, 0.25) is 0 Å². The minimum Gasteiger partial charge on any atom is -0.321 e. The van der Waals surface area contributed by atoms with Gasteiger partial charge in [-0.2, -0.15) is 4.39 Å². The number of amides is 1. The molecule has 0 spiro atoms.